The molecule has 0 spiro atoms. The van der Waals surface area contributed by atoms with Crippen LogP contribution in [0.25, 0.3) is 0 Å². The highest BCUT2D eigenvalue weighted by molar-refractivity contribution is 5.42. The van der Waals surface area contributed by atoms with Crippen LogP contribution in [0.4, 0.5) is 5.69 Å². The first-order valence-corrected chi connectivity index (χ1v) is 4.87. The molecule has 0 saturated heterocycles. The molecule has 0 unspecified atom stereocenters. The van der Waals surface area contributed by atoms with Gasteiger partial charge in [0.2, 0.25) is 0 Å². The predicted octanol–water partition coefficient (Wildman–Crippen LogP) is 2.49. The van der Waals surface area contributed by atoms with E-state index in [1.165, 1.54) is 24.5 Å². The van der Waals surface area contributed by atoms with E-state index in [0.29, 0.717) is 5.75 Å². The first kappa shape index (κ1) is 11.0. The van der Waals surface area contributed by atoms with Gasteiger partial charge in [-0.05, 0) is 25.1 Å². The highest BCUT2D eigenvalue weighted by Gasteiger charge is 2.16. The van der Waals surface area contributed by atoms with Gasteiger partial charge in [0, 0.05) is 18.0 Å². The average molecular weight is 231 g/mol. The Bertz CT molecular complexity index is 540. The van der Waals surface area contributed by atoms with Crippen molar-refractivity contribution in [3.63, 3.8) is 0 Å². The molecule has 2 aromatic heterocycles. The number of hydrogen-bond acceptors (Lipinski definition) is 5. The number of nitrogens with zero attached hydrogens (tertiary/aromatic N) is 3. The molecule has 0 amide bonds. The number of aryl methyl sites for hydroxylation is 1. The van der Waals surface area contributed by atoms with Gasteiger partial charge < -0.3 is 4.74 Å². The Balaban J connectivity index is 2.30. The van der Waals surface area contributed by atoms with Crippen molar-refractivity contribution in [2.75, 3.05) is 0 Å². The van der Waals surface area contributed by atoms with Crippen molar-refractivity contribution in [1.29, 1.82) is 0 Å². The second-order valence-corrected chi connectivity index (χ2v) is 3.32. The third-order valence-electron chi connectivity index (χ3n) is 2.05. The van der Waals surface area contributed by atoms with E-state index in [-0.39, 0.29) is 11.6 Å². The zero-order valence-corrected chi connectivity index (χ0v) is 9.03. The lowest BCUT2D eigenvalue weighted by Crippen LogP contribution is -1.95. The largest absolute Gasteiger partial charge is 0.432 e. The van der Waals surface area contributed by atoms with Gasteiger partial charge in [0.25, 0.3) is 5.88 Å². The Morgan fingerprint density at radius 3 is 2.76 bits per heavy atom. The fourth-order valence-corrected chi connectivity index (χ4v) is 1.23. The number of ether oxygens (including phenoxy) is 1. The topological polar surface area (TPSA) is 78.2 Å². The van der Waals surface area contributed by atoms with Gasteiger partial charge in [0.1, 0.15) is 5.75 Å². The van der Waals surface area contributed by atoms with E-state index in [0.717, 1.165) is 5.69 Å². The third kappa shape index (κ3) is 2.54. The van der Waals surface area contributed by atoms with Crippen LogP contribution in [0.15, 0.2) is 36.7 Å². The number of hydrogen-bond donors (Lipinski definition) is 0. The smallest absolute Gasteiger partial charge is 0.331 e. The van der Waals surface area contributed by atoms with E-state index in [1.807, 2.05) is 6.92 Å². The lowest BCUT2D eigenvalue weighted by Gasteiger charge is -2.04. The van der Waals surface area contributed by atoms with Gasteiger partial charge in [0.15, 0.2) is 0 Å². The first-order valence-electron chi connectivity index (χ1n) is 4.87. The van der Waals surface area contributed by atoms with Crippen LogP contribution in [-0.4, -0.2) is 14.9 Å². The van der Waals surface area contributed by atoms with Crippen molar-refractivity contribution in [3.05, 3.63) is 52.5 Å². The van der Waals surface area contributed by atoms with Crippen LogP contribution in [0.5, 0.6) is 11.6 Å². The van der Waals surface area contributed by atoms with Gasteiger partial charge >= 0.3 is 5.69 Å². The van der Waals surface area contributed by atoms with Gasteiger partial charge in [-0.1, -0.05) is 0 Å². The van der Waals surface area contributed by atoms with Gasteiger partial charge in [0.05, 0.1) is 11.1 Å². The van der Waals surface area contributed by atoms with Crippen LogP contribution in [-0.2, 0) is 0 Å². The van der Waals surface area contributed by atoms with E-state index in [9.17, 15) is 10.1 Å². The second-order valence-electron chi connectivity index (χ2n) is 3.32. The molecular formula is C11H9N3O3. The highest BCUT2D eigenvalue weighted by Crippen LogP contribution is 2.27. The molecule has 2 rings (SSSR count). The molecular weight excluding hydrogens is 222 g/mol. The van der Waals surface area contributed by atoms with Crippen molar-refractivity contribution in [3.8, 4) is 11.6 Å². The lowest BCUT2D eigenvalue weighted by atomic mass is 10.4. The normalized spacial score (nSPS) is 9.94. The van der Waals surface area contributed by atoms with Crippen molar-refractivity contribution < 1.29 is 9.66 Å². The molecule has 0 fully saturated rings. The molecule has 2 aromatic rings. The molecule has 86 valence electrons. The molecule has 0 N–H and O–H groups in total. The van der Waals surface area contributed by atoms with Crippen LogP contribution < -0.4 is 4.74 Å². The maximum atomic E-state index is 10.7. The van der Waals surface area contributed by atoms with Crippen molar-refractivity contribution in [2.45, 2.75) is 6.92 Å². The van der Waals surface area contributed by atoms with Crippen LogP contribution in [0.1, 0.15) is 5.69 Å². The van der Waals surface area contributed by atoms with E-state index in [4.69, 9.17) is 4.74 Å². The Morgan fingerprint density at radius 1 is 1.29 bits per heavy atom. The molecule has 6 heteroatoms. The minimum atomic E-state index is -0.538. The van der Waals surface area contributed by atoms with E-state index < -0.39 is 4.92 Å². The minimum Gasteiger partial charge on any atom is -0.432 e. The zero-order valence-electron chi connectivity index (χ0n) is 9.03. The summed E-state index contributed by atoms with van der Waals surface area (Å²) in [6, 6.07) is 6.26. The summed E-state index contributed by atoms with van der Waals surface area (Å²) in [6.07, 6.45) is 2.93. The minimum absolute atomic E-state index is 0.0387. The van der Waals surface area contributed by atoms with E-state index in [1.54, 1.807) is 12.1 Å². The summed E-state index contributed by atoms with van der Waals surface area (Å²) in [4.78, 5) is 18.1. The Kier molecular flexibility index (Phi) is 2.95. The summed E-state index contributed by atoms with van der Waals surface area (Å²) in [5.74, 6) is 0.376. The van der Waals surface area contributed by atoms with Gasteiger partial charge in [-0.2, -0.15) is 0 Å². The Morgan fingerprint density at radius 2 is 2.12 bits per heavy atom. The zero-order chi connectivity index (χ0) is 12.3. The second kappa shape index (κ2) is 4.56. The third-order valence-corrected chi connectivity index (χ3v) is 2.05. The summed E-state index contributed by atoms with van der Waals surface area (Å²) in [7, 11) is 0. The van der Waals surface area contributed by atoms with Gasteiger partial charge in [-0.3, -0.25) is 15.1 Å². The predicted molar refractivity (Wildman–Crippen MR) is 59.9 cm³/mol. The van der Waals surface area contributed by atoms with Crippen LogP contribution in [0, 0.1) is 17.0 Å². The maximum Gasteiger partial charge on any atom is 0.331 e. The quantitative estimate of drug-likeness (QED) is 0.599. The lowest BCUT2D eigenvalue weighted by molar-refractivity contribution is -0.386. The maximum absolute atomic E-state index is 10.7. The van der Waals surface area contributed by atoms with Crippen molar-refractivity contribution >= 4 is 5.69 Å². The summed E-state index contributed by atoms with van der Waals surface area (Å²) >= 11 is 0. The summed E-state index contributed by atoms with van der Waals surface area (Å²) < 4.78 is 5.31. The standard InChI is InChI=1S/C11H9N3O3/c1-8-4-5-9(7-13-8)17-11-10(14(15)16)3-2-6-12-11/h2-7H,1H3. The molecule has 0 aliphatic carbocycles. The molecule has 0 aliphatic rings. The summed E-state index contributed by atoms with van der Waals surface area (Å²) in [5, 5.41) is 10.7. The van der Waals surface area contributed by atoms with Crippen LogP contribution in [0.2, 0.25) is 0 Å². The number of aromatic nitrogens is 2. The SMILES string of the molecule is Cc1ccc(Oc2ncccc2[N+](=O)[O-])cn1. The summed E-state index contributed by atoms with van der Waals surface area (Å²) in [6.45, 7) is 1.84. The Hall–Kier alpha value is -2.50. The molecule has 0 saturated carbocycles. The number of pyridine rings is 2. The monoisotopic (exact) mass is 231 g/mol. The van der Waals surface area contributed by atoms with E-state index in [2.05, 4.69) is 9.97 Å². The molecule has 0 bridgehead atoms. The molecule has 2 heterocycles. The first-order chi connectivity index (χ1) is 8.16. The molecule has 17 heavy (non-hydrogen) atoms. The molecule has 0 aliphatic heterocycles. The fourth-order valence-electron chi connectivity index (χ4n) is 1.23. The van der Waals surface area contributed by atoms with E-state index >= 15 is 0 Å². The molecule has 0 atom stereocenters. The van der Waals surface area contributed by atoms with Crippen molar-refractivity contribution in [2.24, 2.45) is 0 Å². The highest BCUT2D eigenvalue weighted by atomic mass is 16.6. The average Bonchev–Trinajstić information content (AvgIpc) is 2.32. The van der Waals surface area contributed by atoms with Crippen molar-refractivity contribution in [1.82, 2.24) is 9.97 Å². The van der Waals surface area contributed by atoms with Gasteiger partial charge in [-0.25, -0.2) is 4.98 Å². The number of nitro groups is 1. The van der Waals surface area contributed by atoms with Gasteiger partial charge in [-0.15, -0.1) is 0 Å². The van der Waals surface area contributed by atoms with Crippen LogP contribution >= 0.6 is 0 Å². The number of rotatable bonds is 3. The molecule has 0 aromatic carbocycles. The van der Waals surface area contributed by atoms with Crippen LogP contribution in [0.3, 0.4) is 0 Å². The fraction of sp³-hybridized carbons (Fsp3) is 0.0909. The Labute approximate surface area is 97.1 Å². The molecule has 0 radical (unpaired) electrons. The molecule has 6 nitrogen and oxygen atoms in total. The summed E-state index contributed by atoms with van der Waals surface area (Å²) in [5.41, 5.74) is 0.668.